The molecule has 1 heterocycles. The van der Waals surface area contributed by atoms with Gasteiger partial charge in [-0.05, 0) is 25.7 Å². The fourth-order valence-electron chi connectivity index (χ4n) is 1.89. The van der Waals surface area contributed by atoms with Crippen molar-refractivity contribution in [2.24, 2.45) is 0 Å². The van der Waals surface area contributed by atoms with Crippen molar-refractivity contribution in [2.45, 2.75) is 55.7 Å². The van der Waals surface area contributed by atoms with E-state index in [2.05, 4.69) is 28.9 Å². The van der Waals surface area contributed by atoms with Crippen LogP contribution in [0.25, 0.3) is 0 Å². The first-order valence-electron chi connectivity index (χ1n) is 5.92. The Kier molecular flexibility index (Phi) is 6.58. The molecule has 0 aliphatic carbocycles. The van der Waals surface area contributed by atoms with Crippen LogP contribution in [0.3, 0.4) is 0 Å². The Morgan fingerprint density at radius 2 is 2.12 bits per heavy atom. The molecule has 2 N–H and O–H groups in total. The quantitative estimate of drug-likeness (QED) is 0.616. The molecule has 0 aromatic heterocycles. The van der Waals surface area contributed by atoms with E-state index >= 15 is 0 Å². The van der Waals surface area contributed by atoms with Gasteiger partial charge >= 0.3 is 0 Å². The number of hydrogen-bond acceptors (Lipinski definition) is 3. The number of hydrogen-bond donors (Lipinski definition) is 2. The second-order valence-corrected chi connectivity index (χ2v) is 5.34. The summed E-state index contributed by atoms with van der Waals surface area (Å²) >= 11 is 3.61. The molecule has 4 atom stereocenters. The van der Waals surface area contributed by atoms with Crippen LogP contribution in [-0.2, 0) is 4.74 Å². The highest BCUT2D eigenvalue weighted by atomic mass is 79.9. The summed E-state index contributed by atoms with van der Waals surface area (Å²) in [6.45, 7) is 2.08. The Bertz CT molecular complexity index is 220. The number of aliphatic hydroxyl groups is 2. The standard InChI is InChI=1S/C12H21BrO3/c1-2-11-9(13)5-3-4-6-12(16-11)10(15)7-8-14/h3-4,9-12,14-15H,2,5-8H2,1H3/b4-3-/t9-,10-,11+,12-/m1/s1. The summed E-state index contributed by atoms with van der Waals surface area (Å²) in [6.07, 6.45) is 6.50. The molecule has 0 saturated carbocycles. The Balaban J connectivity index is 2.62. The second-order valence-electron chi connectivity index (χ2n) is 4.16. The van der Waals surface area contributed by atoms with Crippen molar-refractivity contribution >= 4 is 15.9 Å². The minimum atomic E-state index is -0.582. The van der Waals surface area contributed by atoms with Crippen LogP contribution in [0, 0.1) is 0 Å². The summed E-state index contributed by atoms with van der Waals surface area (Å²) in [5.41, 5.74) is 0. The lowest BCUT2D eigenvalue weighted by atomic mass is 10.0. The predicted molar refractivity (Wildman–Crippen MR) is 67.8 cm³/mol. The monoisotopic (exact) mass is 292 g/mol. The van der Waals surface area contributed by atoms with Crippen LogP contribution in [0.4, 0.5) is 0 Å². The van der Waals surface area contributed by atoms with Gasteiger partial charge in [-0.25, -0.2) is 0 Å². The molecule has 0 fully saturated rings. The SMILES string of the molecule is CC[C@@H]1O[C@@H]([C@H](O)CCO)C/C=C\C[C@H]1Br. The highest BCUT2D eigenvalue weighted by Crippen LogP contribution is 2.24. The first-order valence-corrected chi connectivity index (χ1v) is 6.84. The fourth-order valence-corrected chi connectivity index (χ4v) is 2.61. The van der Waals surface area contributed by atoms with Crippen LogP contribution in [0.5, 0.6) is 0 Å². The topological polar surface area (TPSA) is 49.7 Å². The smallest absolute Gasteiger partial charge is 0.0873 e. The molecule has 1 aliphatic rings. The number of allylic oxidation sites excluding steroid dienone is 1. The molecule has 4 heteroatoms. The minimum Gasteiger partial charge on any atom is -0.396 e. The van der Waals surface area contributed by atoms with Crippen molar-refractivity contribution < 1.29 is 14.9 Å². The van der Waals surface area contributed by atoms with Crippen molar-refractivity contribution in [1.82, 2.24) is 0 Å². The zero-order valence-electron chi connectivity index (χ0n) is 9.68. The summed E-state index contributed by atoms with van der Waals surface area (Å²) in [7, 11) is 0. The lowest BCUT2D eigenvalue weighted by Crippen LogP contribution is -2.37. The Morgan fingerprint density at radius 1 is 1.44 bits per heavy atom. The number of halogens is 1. The molecule has 0 saturated heterocycles. The molecule has 0 aromatic rings. The molecule has 0 unspecified atom stereocenters. The van der Waals surface area contributed by atoms with Crippen LogP contribution in [0.1, 0.15) is 32.6 Å². The van der Waals surface area contributed by atoms with Gasteiger partial charge in [0.2, 0.25) is 0 Å². The van der Waals surface area contributed by atoms with Gasteiger partial charge < -0.3 is 14.9 Å². The van der Waals surface area contributed by atoms with E-state index in [4.69, 9.17) is 9.84 Å². The van der Waals surface area contributed by atoms with Crippen LogP contribution in [-0.4, -0.2) is 40.0 Å². The van der Waals surface area contributed by atoms with E-state index in [-0.39, 0.29) is 18.8 Å². The van der Waals surface area contributed by atoms with E-state index in [1.807, 2.05) is 6.08 Å². The van der Waals surface area contributed by atoms with Crippen molar-refractivity contribution in [1.29, 1.82) is 0 Å². The average Bonchev–Trinajstić information content (AvgIpc) is 2.25. The summed E-state index contributed by atoms with van der Waals surface area (Å²) in [6, 6.07) is 0. The van der Waals surface area contributed by atoms with Gasteiger partial charge in [-0.2, -0.15) is 0 Å². The van der Waals surface area contributed by atoms with Crippen LogP contribution in [0.15, 0.2) is 12.2 Å². The zero-order valence-corrected chi connectivity index (χ0v) is 11.3. The minimum absolute atomic E-state index is 0.000721. The Morgan fingerprint density at radius 3 is 2.75 bits per heavy atom. The first kappa shape index (κ1) is 14.2. The maximum atomic E-state index is 9.86. The third kappa shape index (κ3) is 4.17. The Hall–Kier alpha value is 0.100. The molecule has 1 aliphatic heterocycles. The van der Waals surface area contributed by atoms with Gasteiger partial charge in [0.05, 0.1) is 18.3 Å². The third-order valence-corrected chi connectivity index (χ3v) is 3.87. The van der Waals surface area contributed by atoms with Crippen molar-refractivity contribution in [2.75, 3.05) is 6.61 Å². The molecule has 0 radical (unpaired) electrons. The van der Waals surface area contributed by atoms with Gasteiger partial charge in [-0.3, -0.25) is 0 Å². The molecule has 94 valence electrons. The van der Waals surface area contributed by atoms with E-state index in [1.165, 1.54) is 0 Å². The van der Waals surface area contributed by atoms with Crippen molar-refractivity contribution in [3.05, 3.63) is 12.2 Å². The largest absolute Gasteiger partial charge is 0.396 e. The fraction of sp³-hybridized carbons (Fsp3) is 0.833. The van der Waals surface area contributed by atoms with E-state index in [0.29, 0.717) is 11.2 Å². The molecule has 0 bridgehead atoms. The van der Waals surface area contributed by atoms with E-state index < -0.39 is 6.10 Å². The van der Waals surface area contributed by atoms with Crippen LogP contribution >= 0.6 is 15.9 Å². The molecule has 16 heavy (non-hydrogen) atoms. The van der Waals surface area contributed by atoms with Gasteiger partial charge in [0, 0.05) is 11.4 Å². The molecular weight excluding hydrogens is 272 g/mol. The number of alkyl halides is 1. The van der Waals surface area contributed by atoms with E-state index in [0.717, 1.165) is 19.3 Å². The predicted octanol–water partition coefficient (Wildman–Crippen LogP) is 2.01. The van der Waals surface area contributed by atoms with Gasteiger partial charge in [0.15, 0.2) is 0 Å². The van der Waals surface area contributed by atoms with E-state index in [9.17, 15) is 5.11 Å². The molecule has 0 aromatic carbocycles. The summed E-state index contributed by atoms with van der Waals surface area (Å²) < 4.78 is 5.91. The summed E-state index contributed by atoms with van der Waals surface area (Å²) in [5, 5.41) is 18.7. The molecule has 3 nitrogen and oxygen atoms in total. The van der Waals surface area contributed by atoms with Gasteiger partial charge in [-0.1, -0.05) is 35.0 Å². The van der Waals surface area contributed by atoms with Gasteiger partial charge in [0.25, 0.3) is 0 Å². The van der Waals surface area contributed by atoms with Gasteiger partial charge in [-0.15, -0.1) is 0 Å². The Labute approximate surface area is 106 Å². The highest BCUT2D eigenvalue weighted by molar-refractivity contribution is 9.09. The normalized spacial score (nSPS) is 35.1. The van der Waals surface area contributed by atoms with Gasteiger partial charge in [0.1, 0.15) is 0 Å². The molecular formula is C12H21BrO3. The maximum Gasteiger partial charge on any atom is 0.0873 e. The number of rotatable bonds is 4. The van der Waals surface area contributed by atoms with Crippen LogP contribution in [0.2, 0.25) is 0 Å². The lowest BCUT2D eigenvalue weighted by molar-refractivity contribution is -0.0821. The third-order valence-electron chi connectivity index (χ3n) is 2.91. The highest BCUT2D eigenvalue weighted by Gasteiger charge is 2.26. The van der Waals surface area contributed by atoms with Crippen LogP contribution < -0.4 is 0 Å². The summed E-state index contributed by atoms with van der Waals surface area (Å²) in [5.74, 6) is 0. The molecule has 0 amide bonds. The average molecular weight is 293 g/mol. The number of ether oxygens (including phenoxy) is 1. The molecule has 0 spiro atoms. The zero-order chi connectivity index (χ0) is 12.0. The lowest BCUT2D eigenvalue weighted by Gasteiger charge is -2.30. The summed E-state index contributed by atoms with van der Waals surface area (Å²) in [4.78, 5) is 0.304. The maximum absolute atomic E-state index is 9.86. The first-order chi connectivity index (χ1) is 7.69. The second kappa shape index (κ2) is 7.43. The van der Waals surface area contributed by atoms with E-state index in [1.54, 1.807) is 0 Å². The molecule has 1 rings (SSSR count). The number of aliphatic hydroxyl groups excluding tert-OH is 2. The van der Waals surface area contributed by atoms with Crippen molar-refractivity contribution in [3.8, 4) is 0 Å². The van der Waals surface area contributed by atoms with Crippen molar-refractivity contribution in [3.63, 3.8) is 0 Å².